The van der Waals surface area contributed by atoms with E-state index in [1.165, 1.54) is 11.3 Å². The lowest BCUT2D eigenvalue weighted by molar-refractivity contribution is -0.116. The summed E-state index contributed by atoms with van der Waals surface area (Å²) in [6.45, 7) is 1.96. The van der Waals surface area contributed by atoms with E-state index >= 15 is 0 Å². The predicted molar refractivity (Wildman–Crippen MR) is 75.5 cm³/mol. The fraction of sp³-hybridized carbons (Fsp3) is 0.231. The Labute approximate surface area is 110 Å². The van der Waals surface area contributed by atoms with Crippen LogP contribution in [0.2, 0.25) is 0 Å². The largest absolute Gasteiger partial charge is 0.389 e. The second-order valence-electron chi connectivity index (χ2n) is 3.90. The minimum absolute atomic E-state index is 0.0224. The predicted octanol–water partition coefficient (Wildman–Crippen LogP) is 3.13. The van der Waals surface area contributed by atoms with E-state index in [-0.39, 0.29) is 5.91 Å². The van der Waals surface area contributed by atoms with Crippen molar-refractivity contribution in [3.8, 4) is 11.3 Å². The van der Waals surface area contributed by atoms with Crippen molar-refractivity contribution in [1.82, 2.24) is 4.98 Å². The molecular formula is C13H15N3OS. The number of nitrogen functional groups attached to an aromatic ring is 1. The van der Waals surface area contributed by atoms with E-state index in [1.54, 1.807) is 0 Å². The molecule has 0 fully saturated rings. The van der Waals surface area contributed by atoms with E-state index in [2.05, 4.69) is 10.3 Å². The number of thiazole rings is 1. The molecule has 0 aliphatic rings. The van der Waals surface area contributed by atoms with Gasteiger partial charge < -0.3 is 11.1 Å². The van der Waals surface area contributed by atoms with Crippen molar-refractivity contribution < 1.29 is 4.79 Å². The number of hydrogen-bond donors (Lipinski definition) is 2. The zero-order valence-corrected chi connectivity index (χ0v) is 11.0. The van der Waals surface area contributed by atoms with Crippen LogP contribution in [0.4, 0.5) is 10.1 Å². The summed E-state index contributed by atoms with van der Waals surface area (Å²) in [4.78, 5) is 15.8. The van der Waals surface area contributed by atoms with E-state index in [4.69, 9.17) is 5.73 Å². The van der Waals surface area contributed by atoms with Crippen molar-refractivity contribution >= 4 is 27.4 Å². The van der Waals surface area contributed by atoms with Gasteiger partial charge in [0.05, 0.1) is 0 Å². The first-order chi connectivity index (χ1) is 8.70. The second-order valence-corrected chi connectivity index (χ2v) is 4.93. The summed E-state index contributed by atoms with van der Waals surface area (Å²) in [6.07, 6.45) is 1.32. The molecular weight excluding hydrogens is 246 g/mol. The first-order valence-corrected chi connectivity index (χ1v) is 6.64. The van der Waals surface area contributed by atoms with Gasteiger partial charge in [-0.3, -0.25) is 4.79 Å². The summed E-state index contributed by atoms with van der Waals surface area (Å²) in [5.41, 5.74) is 7.62. The molecule has 1 heterocycles. The van der Waals surface area contributed by atoms with Gasteiger partial charge in [-0.05, 0) is 6.42 Å². The molecule has 3 N–H and O–H groups in total. The molecule has 0 atom stereocenters. The number of carbonyl (C=O) groups excluding carboxylic acids is 1. The lowest BCUT2D eigenvalue weighted by Crippen LogP contribution is -2.10. The normalized spacial score (nSPS) is 10.3. The Morgan fingerprint density at radius 1 is 1.39 bits per heavy atom. The summed E-state index contributed by atoms with van der Waals surface area (Å²) < 4.78 is 0. The number of hydrogen-bond acceptors (Lipinski definition) is 4. The van der Waals surface area contributed by atoms with Crippen LogP contribution in [0.5, 0.6) is 0 Å². The number of nitrogens with zero attached hydrogens (tertiary/aromatic N) is 1. The van der Waals surface area contributed by atoms with Gasteiger partial charge in [-0.15, -0.1) is 0 Å². The number of nitrogens with two attached hydrogens (primary N) is 1. The summed E-state index contributed by atoms with van der Waals surface area (Å²) in [7, 11) is 0. The number of benzene rings is 1. The smallest absolute Gasteiger partial charge is 0.226 e. The Bertz CT molecular complexity index is 536. The third kappa shape index (κ3) is 2.87. The lowest BCUT2D eigenvalue weighted by Gasteiger charge is -1.98. The zero-order valence-electron chi connectivity index (χ0n) is 10.1. The van der Waals surface area contributed by atoms with Crippen molar-refractivity contribution in [2.45, 2.75) is 19.8 Å². The molecule has 0 unspecified atom stereocenters. The number of nitrogens with one attached hydrogen (secondary N) is 1. The number of rotatable bonds is 4. The van der Waals surface area contributed by atoms with E-state index in [0.29, 0.717) is 16.6 Å². The fourth-order valence-electron chi connectivity index (χ4n) is 1.60. The van der Waals surface area contributed by atoms with Gasteiger partial charge in [-0.2, -0.15) is 0 Å². The molecule has 0 aliphatic carbocycles. The number of carbonyl (C=O) groups is 1. The van der Waals surface area contributed by atoms with Gasteiger partial charge in [0.1, 0.15) is 10.7 Å². The van der Waals surface area contributed by atoms with Crippen LogP contribution >= 0.6 is 11.3 Å². The van der Waals surface area contributed by atoms with E-state index in [0.717, 1.165) is 17.7 Å². The van der Waals surface area contributed by atoms with Crippen LogP contribution in [0.3, 0.4) is 0 Å². The molecule has 2 aromatic rings. The van der Waals surface area contributed by atoms with Crippen molar-refractivity contribution in [1.29, 1.82) is 0 Å². The summed E-state index contributed by atoms with van der Waals surface area (Å²) in [5.74, 6) is -0.0224. The SMILES string of the molecule is CCCC(=O)Nc1nc(-c2ccccc2)c(N)s1. The van der Waals surface area contributed by atoms with E-state index in [9.17, 15) is 4.79 Å². The standard InChI is InChI=1S/C13H15N3OS/c1-2-6-10(17)15-13-16-11(12(14)18-13)9-7-4-3-5-8-9/h3-5,7-8H,2,6,14H2,1H3,(H,15,16,17). The molecule has 0 saturated heterocycles. The van der Waals surface area contributed by atoms with E-state index < -0.39 is 0 Å². The van der Waals surface area contributed by atoms with Gasteiger partial charge in [-0.1, -0.05) is 48.6 Å². The maximum atomic E-state index is 11.5. The first-order valence-electron chi connectivity index (χ1n) is 5.82. The molecule has 4 nitrogen and oxygen atoms in total. The Morgan fingerprint density at radius 2 is 2.11 bits per heavy atom. The number of amides is 1. The molecule has 1 aromatic heterocycles. The van der Waals surface area contributed by atoms with Gasteiger partial charge in [0.25, 0.3) is 0 Å². The van der Waals surface area contributed by atoms with Crippen LogP contribution < -0.4 is 11.1 Å². The molecule has 0 saturated carbocycles. The van der Waals surface area contributed by atoms with Crippen molar-refractivity contribution in [3.05, 3.63) is 30.3 Å². The molecule has 18 heavy (non-hydrogen) atoms. The van der Waals surface area contributed by atoms with Crippen molar-refractivity contribution in [3.63, 3.8) is 0 Å². The Balaban J connectivity index is 2.20. The second kappa shape index (κ2) is 5.64. The van der Waals surface area contributed by atoms with Crippen molar-refractivity contribution in [2.75, 3.05) is 11.1 Å². The minimum atomic E-state index is -0.0224. The highest BCUT2D eigenvalue weighted by Gasteiger charge is 2.11. The van der Waals surface area contributed by atoms with Gasteiger partial charge in [0.2, 0.25) is 5.91 Å². The molecule has 2 rings (SSSR count). The molecule has 1 aromatic carbocycles. The zero-order chi connectivity index (χ0) is 13.0. The summed E-state index contributed by atoms with van der Waals surface area (Å²) in [6, 6.07) is 9.70. The molecule has 94 valence electrons. The summed E-state index contributed by atoms with van der Waals surface area (Å²) in [5, 5.41) is 3.94. The van der Waals surface area contributed by atoms with Crippen LogP contribution in [0.1, 0.15) is 19.8 Å². The van der Waals surface area contributed by atoms with E-state index in [1.807, 2.05) is 37.3 Å². The minimum Gasteiger partial charge on any atom is -0.389 e. The number of aromatic nitrogens is 1. The molecule has 0 spiro atoms. The Hall–Kier alpha value is -1.88. The van der Waals surface area contributed by atoms with Gasteiger partial charge in [0.15, 0.2) is 5.13 Å². The molecule has 0 bridgehead atoms. The molecule has 5 heteroatoms. The van der Waals surface area contributed by atoms with Crippen molar-refractivity contribution in [2.24, 2.45) is 0 Å². The third-order valence-electron chi connectivity index (χ3n) is 2.42. The van der Waals surface area contributed by atoms with Crippen LogP contribution in [0.25, 0.3) is 11.3 Å². The molecule has 0 radical (unpaired) electrons. The maximum Gasteiger partial charge on any atom is 0.226 e. The average Bonchev–Trinajstić information content (AvgIpc) is 2.71. The maximum absolute atomic E-state index is 11.5. The average molecular weight is 261 g/mol. The molecule has 1 amide bonds. The first kappa shape index (κ1) is 12.6. The molecule has 0 aliphatic heterocycles. The van der Waals surface area contributed by atoms with Gasteiger partial charge >= 0.3 is 0 Å². The topological polar surface area (TPSA) is 68.0 Å². The monoisotopic (exact) mass is 261 g/mol. The Morgan fingerprint density at radius 3 is 2.78 bits per heavy atom. The quantitative estimate of drug-likeness (QED) is 0.888. The van der Waals surface area contributed by atoms with Crippen LogP contribution in [0, 0.1) is 0 Å². The highest BCUT2D eigenvalue weighted by molar-refractivity contribution is 7.20. The summed E-state index contributed by atoms with van der Waals surface area (Å²) >= 11 is 1.30. The lowest BCUT2D eigenvalue weighted by atomic mass is 10.2. The van der Waals surface area contributed by atoms with Gasteiger partial charge in [0, 0.05) is 12.0 Å². The van der Waals surface area contributed by atoms with Crippen LogP contribution in [0.15, 0.2) is 30.3 Å². The van der Waals surface area contributed by atoms with Crippen LogP contribution in [-0.4, -0.2) is 10.9 Å². The Kier molecular flexibility index (Phi) is 3.94. The van der Waals surface area contributed by atoms with Crippen LogP contribution in [-0.2, 0) is 4.79 Å². The fourth-order valence-corrected chi connectivity index (χ4v) is 2.37. The highest BCUT2D eigenvalue weighted by Crippen LogP contribution is 2.33. The third-order valence-corrected chi connectivity index (χ3v) is 3.22. The van der Waals surface area contributed by atoms with Gasteiger partial charge in [-0.25, -0.2) is 4.98 Å². The number of anilines is 2. The highest BCUT2D eigenvalue weighted by atomic mass is 32.1.